The number of ether oxygens (including phenoxy) is 1. The van der Waals surface area contributed by atoms with E-state index in [9.17, 15) is 0 Å². The maximum Gasteiger partial charge on any atom is 0.0618 e. The lowest BCUT2D eigenvalue weighted by Crippen LogP contribution is -2.41. The number of piperidine rings is 1. The Hall–Kier alpha value is -0.860. The summed E-state index contributed by atoms with van der Waals surface area (Å²) in [5, 5.41) is 0. The van der Waals surface area contributed by atoms with Crippen LogP contribution < -0.4 is 0 Å². The molecule has 16 heavy (non-hydrogen) atoms. The van der Waals surface area contributed by atoms with E-state index in [0.29, 0.717) is 6.04 Å². The average molecular weight is 219 g/mol. The number of benzene rings is 1. The molecule has 0 saturated carbocycles. The van der Waals surface area contributed by atoms with Crippen molar-refractivity contribution in [2.75, 3.05) is 20.3 Å². The molecule has 1 aromatic rings. The Balaban J connectivity index is 1.96. The van der Waals surface area contributed by atoms with Gasteiger partial charge in [0, 0.05) is 19.7 Å². The normalized spacial score (nSPS) is 22.2. The number of methoxy groups -OCH3 is 1. The summed E-state index contributed by atoms with van der Waals surface area (Å²) in [5.74, 6) is 0. The van der Waals surface area contributed by atoms with E-state index in [0.717, 1.165) is 13.2 Å². The van der Waals surface area contributed by atoms with Crippen molar-refractivity contribution in [1.82, 2.24) is 4.90 Å². The Morgan fingerprint density at radius 3 is 2.81 bits per heavy atom. The van der Waals surface area contributed by atoms with Crippen molar-refractivity contribution < 1.29 is 4.74 Å². The van der Waals surface area contributed by atoms with E-state index in [1.807, 2.05) is 0 Å². The molecule has 0 bridgehead atoms. The van der Waals surface area contributed by atoms with Gasteiger partial charge in [0.1, 0.15) is 0 Å². The first-order valence-corrected chi connectivity index (χ1v) is 6.17. The fourth-order valence-corrected chi connectivity index (χ4v) is 2.47. The number of rotatable bonds is 4. The number of likely N-dealkylation sites (tertiary alicyclic amines) is 1. The van der Waals surface area contributed by atoms with Gasteiger partial charge in [-0.05, 0) is 24.9 Å². The van der Waals surface area contributed by atoms with Gasteiger partial charge >= 0.3 is 0 Å². The average Bonchev–Trinajstić information content (AvgIpc) is 2.33. The molecule has 1 atom stereocenters. The molecule has 1 aliphatic heterocycles. The van der Waals surface area contributed by atoms with Crippen molar-refractivity contribution in [3.8, 4) is 0 Å². The van der Waals surface area contributed by atoms with Crippen molar-refractivity contribution in [2.45, 2.75) is 31.8 Å². The Bertz CT molecular complexity index is 297. The standard InChI is InChI=1S/C14H21NO/c1-16-12-14-9-5-6-10-15(14)11-13-7-3-2-4-8-13/h2-4,7-8,14H,5-6,9-12H2,1H3. The summed E-state index contributed by atoms with van der Waals surface area (Å²) in [5.41, 5.74) is 1.41. The van der Waals surface area contributed by atoms with Gasteiger partial charge in [-0.25, -0.2) is 0 Å². The second-order valence-corrected chi connectivity index (χ2v) is 4.56. The third kappa shape index (κ3) is 3.06. The fourth-order valence-electron chi connectivity index (χ4n) is 2.47. The molecular weight excluding hydrogens is 198 g/mol. The van der Waals surface area contributed by atoms with Crippen LogP contribution in [0, 0.1) is 0 Å². The highest BCUT2D eigenvalue weighted by molar-refractivity contribution is 5.14. The van der Waals surface area contributed by atoms with Crippen LogP contribution in [0.4, 0.5) is 0 Å². The molecule has 2 heteroatoms. The van der Waals surface area contributed by atoms with E-state index in [2.05, 4.69) is 35.2 Å². The van der Waals surface area contributed by atoms with Crippen LogP contribution in [0.3, 0.4) is 0 Å². The molecule has 0 amide bonds. The van der Waals surface area contributed by atoms with E-state index in [4.69, 9.17) is 4.74 Å². The van der Waals surface area contributed by atoms with Gasteiger partial charge in [0.2, 0.25) is 0 Å². The smallest absolute Gasteiger partial charge is 0.0618 e. The molecule has 1 saturated heterocycles. The molecule has 2 nitrogen and oxygen atoms in total. The van der Waals surface area contributed by atoms with Gasteiger partial charge in [-0.3, -0.25) is 4.90 Å². The fraction of sp³-hybridized carbons (Fsp3) is 0.571. The van der Waals surface area contributed by atoms with Gasteiger partial charge in [-0.15, -0.1) is 0 Å². The predicted octanol–water partition coefficient (Wildman–Crippen LogP) is 2.69. The summed E-state index contributed by atoms with van der Waals surface area (Å²) in [6.45, 7) is 3.14. The molecule has 1 aliphatic rings. The zero-order valence-corrected chi connectivity index (χ0v) is 10.1. The lowest BCUT2D eigenvalue weighted by Gasteiger charge is -2.35. The first-order chi connectivity index (χ1) is 7.90. The van der Waals surface area contributed by atoms with Gasteiger partial charge in [0.25, 0.3) is 0 Å². The first-order valence-electron chi connectivity index (χ1n) is 6.17. The summed E-state index contributed by atoms with van der Waals surface area (Å²) >= 11 is 0. The third-order valence-electron chi connectivity index (χ3n) is 3.34. The predicted molar refractivity (Wildman–Crippen MR) is 66.4 cm³/mol. The quantitative estimate of drug-likeness (QED) is 0.772. The van der Waals surface area contributed by atoms with Gasteiger partial charge in [0.15, 0.2) is 0 Å². The maximum absolute atomic E-state index is 5.31. The minimum absolute atomic E-state index is 0.610. The molecule has 1 fully saturated rings. The van der Waals surface area contributed by atoms with E-state index < -0.39 is 0 Å². The van der Waals surface area contributed by atoms with Crippen LogP contribution in [0.15, 0.2) is 30.3 Å². The van der Waals surface area contributed by atoms with Crippen LogP contribution in [0.2, 0.25) is 0 Å². The lowest BCUT2D eigenvalue weighted by molar-refractivity contribution is 0.0600. The Morgan fingerprint density at radius 1 is 1.25 bits per heavy atom. The third-order valence-corrected chi connectivity index (χ3v) is 3.34. The van der Waals surface area contributed by atoms with Crippen LogP contribution in [-0.2, 0) is 11.3 Å². The second-order valence-electron chi connectivity index (χ2n) is 4.56. The number of hydrogen-bond donors (Lipinski definition) is 0. The van der Waals surface area contributed by atoms with Gasteiger partial charge in [-0.2, -0.15) is 0 Å². The molecule has 0 radical (unpaired) electrons. The molecular formula is C14H21NO. The molecule has 1 unspecified atom stereocenters. The van der Waals surface area contributed by atoms with Crippen molar-refractivity contribution >= 4 is 0 Å². The van der Waals surface area contributed by atoms with Crippen LogP contribution in [0.1, 0.15) is 24.8 Å². The van der Waals surface area contributed by atoms with Crippen LogP contribution in [0.5, 0.6) is 0 Å². The molecule has 0 aliphatic carbocycles. The van der Waals surface area contributed by atoms with Crippen LogP contribution in [0.25, 0.3) is 0 Å². The Morgan fingerprint density at radius 2 is 2.06 bits per heavy atom. The van der Waals surface area contributed by atoms with E-state index >= 15 is 0 Å². The minimum Gasteiger partial charge on any atom is -0.383 e. The van der Waals surface area contributed by atoms with E-state index in [-0.39, 0.29) is 0 Å². The highest BCUT2D eigenvalue weighted by Crippen LogP contribution is 2.19. The molecule has 1 heterocycles. The highest BCUT2D eigenvalue weighted by atomic mass is 16.5. The van der Waals surface area contributed by atoms with E-state index in [1.54, 1.807) is 7.11 Å². The Kier molecular flexibility index (Phi) is 4.37. The summed E-state index contributed by atoms with van der Waals surface area (Å²) in [4.78, 5) is 2.56. The van der Waals surface area contributed by atoms with Crippen LogP contribution in [-0.4, -0.2) is 31.2 Å². The zero-order chi connectivity index (χ0) is 11.2. The summed E-state index contributed by atoms with van der Waals surface area (Å²) in [6, 6.07) is 11.3. The molecule has 1 aromatic carbocycles. The SMILES string of the molecule is COCC1CCCCN1Cc1ccccc1. The Labute approximate surface area is 98.2 Å². The van der Waals surface area contributed by atoms with Crippen molar-refractivity contribution in [2.24, 2.45) is 0 Å². The largest absolute Gasteiger partial charge is 0.383 e. The summed E-state index contributed by atoms with van der Waals surface area (Å²) in [7, 11) is 1.80. The highest BCUT2D eigenvalue weighted by Gasteiger charge is 2.21. The van der Waals surface area contributed by atoms with Crippen molar-refractivity contribution in [1.29, 1.82) is 0 Å². The molecule has 0 spiro atoms. The van der Waals surface area contributed by atoms with Gasteiger partial charge < -0.3 is 4.74 Å². The maximum atomic E-state index is 5.31. The monoisotopic (exact) mass is 219 g/mol. The number of nitrogens with zero attached hydrogens (tertiary/aromatic N) is 1. The zero-order valence-electron chi connectivity index (χ0n) is 10.1. The molecule has 0 aromatic heterocycles. The number of hydrogen-bond acceptors (Lipinski definition) is 2. The minimum atomic E-state index is 0.610. The first kappa shape index (κ1) is 11.6. The molecule has 88 valence electrons. The van der Waals surface area contributed by atoms with Gasteiger partial charge in [0.05, 0.1) is 6.61 Å². The second kappa shape index (κ2) is 6.02. The summed E-state index contributed by atoms with van der Waals surface area (Å²) in [6.07, 6.45) is 3.95. The molecule has 0 N–H and O–H groups in total. The molecule has 2 rings (SSSR count). The van der Waals surface area contributed by atoms with Crippen LogP contribution >= 0.6 is 0 Å². The lowest BCUT2D eigenvalue weighted by atomic mass is 10.0. The van der Waals surface area contributed by atoms with Gasteiger partial charge in [-0.1, -0.05) is 36.8 Å². The topological polar surface area (TPSA) is 12.5 Å². The van der Waals surface area contributed by atoms with Crippen molar-refractivity contribution in [3.05, 3.63) is 35.9 Å². The van der Waals surface area contributed by atoms with Crippen molar-refractivity contribution in [3.63, 3.8) is 0 Å². The van der Waals surface area contributed by atoms with E-state index in [1.165, 1.54) is 31.4 Å². The summed E-state index contributed by atoms with van der Waals surface area (Å²) < 4.78 is 5.31.